The molecule has 138 valence electrons. The van der Waals surface area contributed by atoms with Gasteiger partial charge in [0, 0.05) is 0 Å². The molecular formula is C21H13Cl2N3OS. The molecule has 0 fully saturated rings. The van der Waals surface area contributed by atoms with Gasteiger partial charge in [0.2, 0.25) is 0 Å². The molecule has 3 rings (SSSR count). The van der Waals surface area contributed by atoms with Gasteiger partial charge in [-0.2, -0.15) is 10.5 Å². The molecule has 3 aromatic rings. The fourth-order valence-corrected chi connectivity index (χ4v) is 4.23. The number of aryl methyl sites for hydroxylation is 2. The molecule has 0 unspecified atom stereocenters. The molecule has 0 atom stereocenters. The van der Waals surface area contributed by atoms with Crippen molar-refractivity contribution in [2.24, 2.45) is 0 Å². The van der Waals surface area contributed by atoms with Crippen LogP contribution in [0, 0.1) is 36.5 Å². The quantitative estimate of drug-likeness (QED) is 0.625. The predicted octanol–water partition coefficient (Wildman–Crippen LogP) is 3.85. The van der Waals surface area contributed by atoms with Crippen LogP contribution in [0.5, 0.6) is 0 Å². The Bertz CT molecular complexity index is 1320. The summed E-state index contributed by atoms with van der Waals surface area (Å²) in [6.07, 6.45) is 1.68. The molecule has 0 aliphatic rings. The maximum atomic E-state index is 13.2. The van der Waals surface area contributed by atoms with E-state index in [2.05, 4.69) is 0 Å². The summed E-state index contributed by atoms with van der Waals surface area (Å²) in [5.41, 5.74) is 2.71. The predicted molar refractivity (Wildman–Crippen MR) is 113 cm³/mol. The van der Waals surface area contributed by atoms with Crippen LogP contribution in [-0.4, -0.2) is 4.57 Å². The average molecular weight is 426 g/mol. The van der Waals surface area contributed by atoms with E-state index in [9.17, 15) is 15.3 Å². The monoisotopic (exact) mass is 425 g/mol. The van der Waals surface area contributed by atoms with Gasteiger partial charge in [0.15, 0.2) is 5.57 Å². The Morgan fingerprint density at radius 1 is 1.07 bits per heavy atom. The molecular weight excluding hydrogens is 413 g/mol. The van der Waals surface area contributed by atoms with E-state index in [1.165, 1.54) is 4.57 Å². The van der Waals surface area contributed by atoms with Crippen LogP contribution in [0.25, 0.3) is 17.3 Å². The normalized spacial score (nSPS) is 11.1. The number of hydrogen-bond acceptors (Lipinski definition) is 4. The Morgan fingerprint density at radius 2 is 1.71 bits per heavy atom. The maximum Gasteiger partial charge on any atom is 0.273 e. The first kappa shape index (κ1) is 19.9. The van der Waals surface area contributed by atoms with Gasteiger partial charge in [-0.3, -0.25) is 9.36 Å². The minimum atomic E-state index is -0.300. The number of nitriles is 2. The molecule has 0 aliphatic heterocycles. The van der Waals surface area contributed by atoms with E-state index in [4.69, 9.17) is 23.2 Å². The highest BCUT2D eigenvalue weighted by molar-refractivity contribution is 7.07. The Balaban J connectivity index is 2.45. The zero-order valence-corrected chi connectivity index (χ0v) is 17.3. The van der Waals surface area contributed by atoms with Crippen molar-refractivity contribution in [2.45, 2.75) is 13.8 Å². The number of para-hydroxylation sites is 1. The highest BCUT2D eigenvalue weighted by Crippen LogP contribution is 2.22. The van der Waals surface area contributed by atoms with E-state index in [-0.39, 0.29) is 11.1 Å². The van der Waals surface area contributed by atoms with Crippen molar-refractivity contribution >= 4 is 46.2 Å². The van der Waals surface area contributed by atoms with Crippen molar-refractivity contribution in [1.82, 2.24) is 4.57 Å². The minimum absolute atomic E-state index is 0.112. The van der Waals surface area contributed by atoms with Gasteiger partial charge in [-0.1, -0.05) is 47.5 Å². The van der Waals surface area contributed by atoms with Crippen molar-refractivity contribution in [2.75, 3.05) is 0 Å². The summed E-state index contributed by atoms with van der Waals surface area (Å²) >= 11 is 13.1. The third kappa shape index (κ3) is 3.61. The molecule has 2 aromatic carbocycles. The van der Waals surface area contributed by atoms with Crippen LogP contribution >= 0.6 is 34.5 Å². The fraction of sp³-hybridized carbons (Fsp3) is 0.0952. The first-order chi connectivity index (χ1) is 13.4. The number of aromatic nitrogens is 1. The first-order valence-corrected chi connectivity index (χ1v) is 9.74. The summed E-state index contributed by atoms with van der Waals surface area (Å²) in [5.74, 6) is 0. The largest absolute Gasteiger partial charge is 0.273 e. The number of rotatable bonds is 2. The molecule has 0 saturated heterocycles. The average Bonchev–Trinajstić information content (AvgIpc) is 2.96. The van der Waals surface area contributed by atoms with Gasteiger partial charge in [0.25, 0.3) is 5.56 Å². The van der Waals surface area contributed by atoms with Crippen molar-refractivity contribution in [1.29, 1.82) is 10.5 Å². The van der Waals surface area contributed by atoms with Gasteiger partial charge in [-0.05, 0) is 48.7 Å². The maximum absolute atomic E-state index is 13.2. The Labute approximate surface area is 175 Å². The summed E-state index contributed by atoms with van der Waals surface area (Å²) < 4.78 is 2.14. The SMILES string of the molecule is Cc1cccc(C)c1-n1c(=C(C#N)C#N)s/c(=C/c2ccc(Cl)c(Cl)c2)c1=O. The highest BCUT2D eigenvalue weighted by Gasteiger charge is 2.14. The first-order valence-electron chi connectivity index (χ1n) is 8.17. The minimum Gasteiger partial charge on any atom is -0.267 e. The number of halogens is 2. The highest BCUT2D eigenvalue weighted by atomic mass is 35.5. The van der Waals surface area contributed by atoms with Gasteiger partial charge in [0.05, 0.1) is 20.3 Å². The smallest absolute Gasteiger partial charge is 0.267 e. The Hall–Kier alpha value is -2.83. The van der Waals surface area contributed by atoms with Crippen molar-refractivity contribution < 1.29 is 0 Å². The van der Waals surface area contributed by atoms with E-state index >= 15 is 0 Å². The van der Waals surface area contributed by atoms with Gasteiger partial charge < -0.3 is 0 Å². The summed E-state index contributed by atoms with van der Waals surface area (Å²) in [5, 5.41) is 19.6. The van der Waals surface area contributed by atoms with Crippen LogP contribution < -0.4 is 14.8 Å². The standard InChI is InChI=1S/C21H13Cl2N3OS/c1-12-4-3-5-13(2)19(12)26-20(27)18(28-21(26)15(10-24)11-25)9-14-6-7-16(22)17(23)8-14/h3-9H,1-2H3/b18-9+. The van der Waals surface area contributed by atoms with Gasteiger partial charge in [-0.15, -0.1) is 11.3 Å². The van der Waals surface area contributed by atoms with Crippen LogP contribution in [0.2, 0.25) is 10.0 Å². The van der Waals surface area contributed by atoms with Crippen molar-refractivity contribution in [3.05, 3.63) is 82.7 Å². The van der Waals surface area contributed by atoms with Crippen LogP contribution in [0.4, 0.5) is 0 Å². The van der Waals surface area contributed by atoms with Crippen molar-refractivity contribution in [3.8, 4) is 17.8 Å². The number of hydrogen-bond donors (Lipinski definition) is 0. The lowest BCUT2D eigenvalue weighted by Gasteiger charge is -2.10. The fourth-order valence-electron chi connectivity index (χ4n) is 2.89. The van der Waals surface area contributed by atoms with Crippen LogP contribution in [0.3, 0.4) is 0 Å². The summed E-state index contributed by atoms with van der Waals surface area (Å²) in [7, 11) is 0. The zero-order chi connectivity index (χ0) is 20.4. The Morgan fingerprint density at radius 3 is 2.29 bits per heavy atom. The topological polar surface area (TPSA) is 69.6 Å². The van der Waals surface area contributed by atoms with Crippen LogP contribution in [0.15, 0.2) is 41.2 Å². The number of benzene rings is 2. The molecule has 0 aliphatic carbocycles. The molecule has 4 nitrogen and oxygen atoms in total. The second-order valence-electron chi connectivity index (χ2n) is 6.07. The molecule has 0 saturated carbocycles. The lowest BCUT2D eigenvalue weighted by Crippen LogP contribution is -2.31. The molecule has 0 amide bonds. The van der Waals surface area contributed by atoms with Crippen LogP contribution in [0.1, 0.15) is 16.7 Å². The molecule has 0 bridgehead atoms. The molecule has 1 aromatic heterocycles. The summed E-state index contributed by atoms with van der Waals surface area (Å²) in [6.45, 7) is 3.77. The summed E-state index contributed by atoms with van der Waals surface area (Å²) in [4.78, 5) is 13.2. The molecule has 0 spiro atoms. The van der Waals surface area contributed by atoms with Gasteiger partial charge in [-0.25, -0.2) is 0 Å². The second-order valence-corrected chi connectivity index (χ2v) is 7.91. The molecule has 7 heteroatoms. The third-order valence-electron chi connectivity index (χ3n) is 4.17. The zero-order valence-electron chi connectivity index (χ0n) is 15.0. The van der Waals surface area contributed by atoms with E-state index in [0.29, 0.717) is 30.5 Å². The van der Waals surface area contributed by atoms with E-state index in [0.717, 1.165) is 22.5 Å². The van der Waals surface area contributed by atoms with E-state index < -0.39 is 0 Å². The van der Waals surface area contributed by atoms with E-state index in [1.54, 1.807) is 24.3 Å². The van der Waals surface area contributed by atoms with Gasteiger partial charge in [0.1, 0.15) is 16.8 Å². The lowest BCUT2D eigenvalue weighted by atomic mass is 10.1. The molecule has 28 heavy (non-hydrogen) atoms. The van der Waals surface area contributed by atoms with E-state index in [1.807, 2.05) is 44.2 Å². The summed E-state index contributed by atoms with van der Waals surface area (Å²) in [6, 6.07) is 14.5. The third-order valence-corrected chi connectivity index (χ3v) is 6.00. The molecule has 1 heterocycles. The molecule has 0 radical (unpaired) electrons. The van der Waals surface area contributed by atoms with Crippen molar-refractivity contribution in [3.63, 3.8) is 0 Å². The second kappa shape index (κ2) is 8.04. The van der Waals surface area contributed by atoms with Gasteiger partial charge >= 0.3 is 0 Å². The van der Waals surface area contributed by atoms with Crippen LogP contribution in [-0.2, 0) is 0 Å². The number of nitrogens with zero attached hydrogens (tertiary/aromatic N) is 3. The lowest BCUT2D eigenvalue weighted by molar-refractivity contribution is 0.962. The Kier molecular flexibility index (Phi) is 5.72. The molecule has 0 N–H and O–H groups in total. The number of thiazole rings is 1.